The average Bonchev–Trinajstić information content (AvgIpc) is 3.14. The SMILES string of the molecule is Cc1ccc(SCCNC(=O)c2ccc(Cn3cncn3)cc2)cc1. The van der Waals surface area contributed by atoms with Crippen molar-refractivity contribution in [2.45, 2.75) is 18.4 Å². The second-order valence-corrected chi connectivity index (χ2v) is 6.88. The van der Waals surface area contributed by atoms with Crippen molar-refractivity contribution in [2.75, 3.05) is 12.3 Å². The van der Waals surface area contributed by atoms with Gasteiger partial charge in [-0.15, -0.1) is 11.8 Å². The molecule has 3 rings (SSSR count). The van der Waals surface area contributed by atoms with Crippen LogP contribution in [0.25, 0.3) is 0 Å². The molecule has 25 heavy (non-hydrogen) atoms. The highest BCUT2D eigenvalue weighted by Crippen LogP contribution is 2.17. The van der Waals surface area contributed by atoms with E-state index in [2.05, 4.69) is 46.6 Å². The van der Waals surface area contributed by atoms with Crippen molar-refractivity contribution >= 4 is 17.7 Å². The highest BCUT2D eigenvalue weighted by atomic mass is 32.2. The number of carbonyl (C=O) groups excluding carboxylic acids is 1. The first-order chi connectivity index (χ1) is 12.2. The molecule has 0 spiro atoms. The van der Waals surface area contributed by atoms with Gasteiger partial charge in [-0.3, -0.25) is 4.79 Å². The van der Waals surface area contributed by atoms with Crippen LogP contribution in [0.15, 0.2) is 66.1 Å². The average molecular weight is 352 g/mol. The highest BCUT2D eigenvalue weighted by molar-refractivity contribution is 7.99. The predicted octanol–water partition coefficient (Wildman–Crippen LogP) is 3.16. The Morgan fingerprint density at radius 2 is 1.88 bits per heavy atom. The van der Waals surface area contributed by atoms with E-state index in [-0.39, 0.29) is 5.91 Å². The fourth-order valence-electron chi connectivity index (χ4n) is 2.33. The third kappa shape index (κ3) is 5.19. The maximum Gasteiger partial charge on any atom is 0.251 e. The van der Waals surface area contributed by atoms with Crippen LogP contribution in [0.5, 0.6) is 0 Å². The van der Waals surface area contributed by atoms with Crippen LogP contribution in [0.2, 0.25) is 0 Å². The third-order valence-corrected chi connectivity index (χ3v) is 4.72. The van der Waals surface area contributed by atoms with E-state index in [4.69, 9.17) is 0 Å². The number of hydrogen-bond acceptors (Lipinski definition) is 4. The van der Waals surface area contributed by atoms with Crippen molar-refractivity contribution in [2.24, 2.45) is 0 Å². The Balaban J connectivity index is 1.44. The number of nitrogens with one attached hydrogen (secondary N) is 1. The summed E-state index contributed by atoms with van der Waals surface area (Å²) in [6, 6.07) is 16.0. The number of thioether (sulfide) groups is 1. The Kier molecular flexibility index (Phi) is 5.85. The van der Waals surface area contributed by atoms with Crippen LogP contribution in [0.1, 0.15) is 21.5 Å². The van der Waals surface area contributed by atoms with Crippen molar-refractivity contribution in [3.05, 3.63) is 77.9 Å². The summed E-state index contributed by atoms with van der Waals surface area (Å²) in [6.45, 7) is 3.36. The van der Waals surface area contributed by atoms with E-state index < -0.39 is 0 Å². The zero-order chi connectivity index (χ0) is 17.5. The molecule has 0 atom stereocenters. The minimum absolute atomic E-state index is 0.0446. The lowest BCUT2D eigenvalue weighted by molar-refractivity contribution is 0.0956. The van der Waals surface area contributed by atoms with Crippen molar-refractivity contribution in [1.29, 1.82) is 0 Å². The Morgan fingerprint density at radius 1 is 1.12 bits per heavy atom. The van der Waals surface area contributed by atoms with Crippen LogP contribution < -0.4 is 5.32 Å². The number of aromatic nitrogens is 3. The summed E-state index contributed by atoms with van der Waals surface area (Å²) in [5.74, 6) is 0.802. The van der Waals surface area contributed by atoms with Crippen LogP contribution in [0.4, 0.5) is 0 Å². The van der Waals surface area contributed by atoms with E-state index in [9.17, 15) is 4.79 Å². The van der Waals surface area contributed by atoms with E-state index in [1.807, 2.05) is 24.3 Å². The smallest absolute Gasteiger partial charge is 0.251 e. The maximum absolute atomic E-state index is 12.2. The maximum atomic E-state index is 12.2. The first kappa shape index (κ1) is 17.2. The second kappa shape index (κ2) is 8.48. The van der Waals surface area contributed by atoms with Gasteiger partial charge in [-0.05, 0) is 36.8 Å². The van der Waals surface area contributed by atoms with Gasteiger partial charge in [0.05, 0.1) is 6.54 Å². The van der Waals surface area contributed by atoms with Crippen LogP contribution in [0, 0.1) is 6.92 Å². The molecule has 1 N–H and O–H groups in total. The Labute approximate surface area is 151 Å². The van der Waals surface area contributed by atoms with Crippen molar-refractivity contribution in [1.82, 2.24) is 20.1 Å². The Bertz CT molecular complexity index is 798. The van der Waals surface area contributed by atoms with Gasteiger partial charge in [-0.25, -0.2) is 9.67 Å². The minimum atomic E-state index is -0.0446. The normalized spacial score (nSPS) is 10.6. The number of hydrogen-bond donors (Lipinski definition) is 1. The molecule has 0 saturated carbocycles. The van der Waals surface area contributed by atoms with Crippen LogP contribution in [-0.2, 0) is 6.54 Å². The third-order valence-electron chi connectivity index (χ3n) is 3.70. The van der Waals surface area contributed by atoms with Crippen LogP contribution in [0.3, 0.4) is 0 Å². The van der Waals surface area contributed by atoms with Gasteiger partial charge in [-0.1, -0.05) is 29.8 Å². The molecule has 6 heteroatoms. The highest BCUT2D eigenvalue weighted by Gasteiger charge is 2.05. The molecule has 1 heterocycles. The first-order valence-corrected chi connectivity index (χ1v) is 9.08. The number of amides is 1. The fraction of sp³-hybridized carbons (Fsp3) is 0.211. The number of nitrogens with zero attached hydrogens (tertiary/aromatic N) is 3. The van der Waals surface area contributed by atoms with E-state index in [0.717, 1.165) is 11.3 Å². The molecule has 2 aromatic carbocycles. The monoisotopic (exact) mass is 352 g/mol. The molecule has 0 saturated heterocycles. The summed E-state index contributed by atoms with van der Waals surface area (Å²) in [7, 11) is 0. The van der Waals surface area contributed by atoms with E-state index >= 15 is 0 Å². The predicted molar refractivity (Wildman–Crippen MR) is 99.8 cm³/mol. The lowest BCUT2D eigenvalue weighted by atomic mass is 10.1. The molecule has 1 aromatic heterocycles. The zero-order valence-electron chi connectivity index (χ0n) is 14.1. The summed E-state index contributed by atoms with van der Waals surface area (Å²) in [5.41, 5.74) is 3.00. The molecule has 0 unspecified atom stereocenters. The standard InChI is InChI=1S/C19H20N4OS/c1-15-2-8-18(9-3-15)25-11-10-21-19(24)17-6-4-16(5-7-17)12-23-14-20-13-22-23/h2-9,13-14H,10-12H2,1H3,(H,21,24). The van der Waals surface area contributed by atoms with Crippen molar-refractivity contribution in [3.8, 4) is 0 Å². The van der Waals surface area contributed by atoms with Crippen LogP contribution in [-0.4, -0.2) is 33.0 Å². The number of benzene rings is 2. The van der Waals surface area contributed by atoms with Gasteiger partial charge in [-0.2, -0.15) is 5.10 Å². The van der Waals surface area contributed by atoms with Gasteiger partial charge in [0.1, 0.15) is 12.7 Å². The van der Waals surface area contributed by atoms with Crippen molar-refractivity contribution in [3.63, 3.8) is 0 Å². The summed E-state index contributed by atoms with van der Waals surface area (Å²) >= 11 is 1.74. The van der Waals surface area contributed by atoms with Gasteiger partial charge in [0.15, 0.2) is 0 Å². The summed E-state index contributed by atoms with van der Waals surface area (Å²) < 4.78 is 1.75. The summed E-state index contributed by atoms with van der Waals surface area (Å²) in [6.07, 6.45) is 3.18. The molecule has 0 radical (unpaired) electrons. The lowest BCUT2D eigenvalue weighted by Gasteiger charge is -2.07. The molecular weight excluding hydrogens is 332 g/mol. The fourth-order valence-corrected chi connectivity index (χ4v) is 3.10. The largest absolute Gasteiger partial charge is 0.351 e. The summed E-state index contributed by atoms with van der Waals surface area (Å²) in [4.78, 5) is 17.3. The van der Waals surface area contributed by atoms with E-state index in [1.165, 1.54) is 16.8 Å². The van der Waals surface area contributed by atoms with Gasteiger partial charge in [0.25, 0.3) is 5.91 Å². The molecule has 3 aromatic rings. The topological polar surface area (TPSA) is 59.8 Å². The Hall–Kier alpha value is -2.60. The van der Waals surface area contributed by atoms with Crippen molar-refractivity contribution < 1.29 is 4.79 Å². The molecule has 0 aliphatic carbocycles. The van der Waals surface area contributed by atoms with Gasteiger partial charge < -0.3 is 5.32 Å². The van der Waals surface area contributed by atoms with Gasteiger partial charge in [0, 0.05) is 22.8 Å². The molecule has 0 aliphatic heterocycles. The molecular formula is C19H20N4OS. The minimum Gasteiger partial charge on any atom is -0.351 e. The van der Waals surface area contributed by atoms with Gasteiger partial charge >= 0.3 is 0 Å². The number of carbonyl (C=O) groups is 1. The summed E-state index contributed by atoms with van der Waals surface area (Å²) in [5, 5.41) is 7.03. The molecule has 0 bridgehead atoms. The number of rotatable bonds is 7. The molecule has 0 aliphatic rings. The lowest BCUT2D eigenvalue weighted by Crippen LogP contribution is -2.25. The quantitative estimate of drug-likeness (QED) is 0.524. The Morgan fingerprint density at radius 3 is 2.56 bits per heavy atom. The van der Waals surface area contributed by atoms with E-state index in [1.54, 1.807) is 22.8 Å². The molecule has 5 nitrogen and oxygen atoms in total. The zero-order valence-corrected chi connectivity index (χ0v) is 14.9. The molecule has 1 amide bonds. The molecule has 128 valence electrons. The number of aryl methyl sites for hydroxylation is 1. The first-order valence-electron chi connectivity index (χ1n) is 8.10. The van der Waals surface area contributed by atoms with E-state index in [0.29, 0.717) is 18.7 Å². The molecule has 0 fully saturated rings. The van der Waals surface area contributed by atoms with Crippen LogP contribution >= 0.6 is 11.8 Å². The van der Waals surface area contributed by atoms with Gasteiger partial charge in [0.2, 0.25) is 0 Å². The second-order valence-electron chi connectivity index (χ2n) is 5.71.